The van der Waals surface area contributed by atoms with E-state index in [1.165, 1.54) is 0 Å². The molecule has 54 valence electrons. The first-order valence-corrected chi connectivity index (χ1v) is 3.60. The Morgan fingerprint density at radius 1 is 1.17 bits per heavy atom. The van der Waals surface area contributed by atoms with Crippen LogP contribution in [0.2, 0.25) is 0 Å². The SMILES string of the molecule is [B]C([B])([B])Oc1ccccc1C. The van der Waals surface area contributed by atoms with E-state index in [9.17, 15) is 0 Å². The van der Waals surface area contributed by atoms with E-state index in [1.54, 1.807) is 6.07 Å². The summed E-state index contributed by atoms with van der Waals surface area (Å²) in [5.74, 6) is 0.602. The van der Waals surface area contributed by atoms with Crippen molar-refractivity contribution in [3.05, 3.63) is 29.8 Å². The summed E-state index contributed by atoms with van der Waals surface area (Å²) in [5, 5.41) is -1.61. The highest BCUT2D eigenvalue weighted by atomic mass is 16.5. The van der Waals surface area contributed by atoms with E-state index in [4.69, 9.17) is 28.3 Å². The van der Waals surface area contributed by atoms with Crippen LogP contribution in [-0.4, -0.2) is 28.8 Å². The molecule has 0 aliphatic rings. The third kappa shape index (κ3) is 2.69. The number of hydrogen-bond donors (Lipinski definition) is 0. The average Bonchev–Trinajstić information content (AvgIpc) is 1.91. The lowest BCUT2D eigenvalue weighted by Gasteiger charge is -2.24. The summed E-state index contributed by atoms with van der Waals surface area (Å²) in [7, 11) is 15.8. The Hall–Kier alpha value is -0.785. The molecule has 0 N–H and O–H groups in total. The van der Waals surface area contributed by atoms with Gasteiger partial charge in [-0.2, -0.15) is 0 Å². The number of aryl methyl sites for hydroxylation is 1. The first-order valence-electron chi connectivity index (χ1n) is 3.60. The Balaban J connectivity index is 2.83. The van der Waals surface area contributed by atoms with Crippen LogP contribution in [0.5, 0.6) is 5.75 Å². The molecule has 1 rings (SSSR count). The minimum atomic E-state index is -1.61. The summed E-state index contributed by atoms with van der Waals surface area (Å²) in [5.41, 5.74) is 0.947. The van der Waals surface area contributed by atoms with Crippen LogP contribution in [0.25, 0.3) is 0 Å². The molecule has 0 aromatic heterocycles. The molecule has 0 saturated carbocycles. The summed E-state index contributed by atoms with van der Waals surface area (Å²) in [6, 6.07) is 7.37. The number of para-hydroxylation sites is 1. The van der Waals surface area contributed by atoms with E-state index >= 15 is 0 Å². The first-order chi connectivity index (χ1) is 5.49. The molecule has 0 fully saturated rings. The van der Waals surface area contributed by atoms with E-state index in [0.29, 0.717) is 5.75 Å². The molecule has 12 heavy (non-hydrogen) atoms. The van der Waals surface area contributed by atoms with E-state index in [1.807, 2.05) is 25.1 Å². The molecular weight excluding hydrogens is 145 g/mol. The molecule has 0 heterocycles. The zero-order valence-electron chi connectivity index (χ0n) is 6.95. The van der Waals surface area contributed by atoms with Crippen molar-refractivity contribution in [1.82, 2.24) is 0 Å². The summed E-state index contributed by atoms with van der Waals surface area (Å²) in [6.45, 7) is 1.89. The fourth-order valence-corrected chi connectivity index (χ4v) is 0.861. The third-order valence-corrected chi connectivity index (χ3v) is 1.38. The van der Waals surface area contributed by atoms with Gasteiger partial charge in [0.25, 0.3) is 0 Å². The minimum Gasteiger partial charge on any atom is -0.516 e. The molecule has 1 aromatic carbocycles. The fourth-order valence-electron chi connectivity index (χ4n) is 0.861. The van der Waals surface area contributed by atoms with Crippen molar-refractivity contribution in [2.75, 3.05) is 0 Å². The van der Waals surface area contributed by atoms with Crippen LogP contribution in [-0.2, 0) is 0 Å². The molecule has 0 unspecified atom stereocenters. The van der Waals surface area contributed by atoms with Crippen LogP contribution < -0.4 is 4.74 Å². The van der Waals surface area contributed by atoms with Gasteiger partial charge in [0.05, 0.1) is 0 Å². The molecule has 0 atom stereocenters. The minimum absolute atomic E-state index is 0.602. The Morgan fingerprint density at radius 3 is 2.25 bits per heavy atom. The molecule has 6 radical (unpaired) electrons. The summed E-state index contributed by atoms with van der Waals surface area (Å²) < 4.78 is 5.07. The van der Waals surface area contributed by atoms with Crippen LogP contribution >= 0.6 is 0 Å². The van der Waals surface area contributed by atoms with Gasteiger partial charge in [0.2, 0.25) is 0 Å². The van der Waals surface area contributed by atoms with Gasteiger partial charge >= 0.3 is 0 Å². The van der Waals surface area contributed by atoms with Crippen molar-refractivity contribution in [1.29, 1.82) is 0 Å². The first kappa shape index (κ1) is 9.30. The van der Waals surface area contributed by atoms with Gasteiger partial charge in [-0.25, -0.2) is 0 Å². The van der Waals surface area contributed by atoms with Gasteiger partial charge in [-0.05, 0) is 23.9 Å². The second-order valence-electron chi connectivity index (χ2n) is 2.72. The second kappa shape index (κ2) is 3.30. The zero-order chi connectivity index (χ0) is 9.19. The van der Waals surface area contributed by atoms with Crippen LogP contribution in [0.15, 0.2) is 24.3 Å². The molecule has 1 aromatic rings. The van der Waals surface area contributed by atoms with Crippen molar-refractivity contribution in [2.45, 2.75) is 12.2 Å². The zero-order valence-corrected chi connectivity index (χ0v) is 6.95. The van der Waals surface area contributed by atoms with Gasteiger partial charge in [-0.15, -0.1) is 0 Å². The second-order valence-corrected chi connectivity index (χ2v) is 2.72. The Morgan fingerprint density at radius 2 is 1.75 bits per heavy atom. The highest BCUT2D eigenvalue weighted by Crippen LogP contribution is 2.18. The summed E-state index contributed by atoms with van der Waals surface area (Å²) in [6.07, 6.45) is 0. The van der Waals surface area contributed by atoms with Gasteiger partial charge in [0.1, 0.15) is 29.3 Å². The van der Waals surface area contributed by atoms with Crippen LogP contribution in [0.1, 0.15) is 5.56 Å². The maximum absolute atomic E-state index is 5.27. The Labute approximate surface area is 76.7 Å². The van der Waals surface area contributed by atoms with E-state index in [2.05, 4.69) is 0 Å². The molecule has 0 bridgehead atoms. The molecule has 0 aliphatic heterocycles. The Bertz CT molecular complexity index is 267. The fraction of sp³-hybridized carbons (Fsp3) is 0.250. The van der Waals surface area contributed by atoms with Crippen LogP contribution in [0.4, 0.5) is 0 Å². The highest BCUT2D eigenvalue weighted by Gasteiger charge is 2.11. The average molecular weight is 152 g/mol. The van der Waals surface area contributed by atoms with Crippen LogP contribution in [0, 0.1) is 6.92 Å². The number of benzene rings is 1. The molecular formula is C8H7B3O. The lowest BCUT2D eigenvalue weighted by molar-refractivity contribution is 0.316. The lowest BCUT2D eigenvalue weighted by atomic mass is 9.52. The summed E-state index contributed by atoms with van der Waals surface area (Å²) >= 11 is 0. The van der Waals surface area contributed by atoms with Crippen molar-refractivity contribution < 1.29 is 4.74 Å². The monoisotopic (exact) mass is 152 g/mol. The molecule has 0 saturated heterocycles. The number of ether oxygens (including phenoxy) is 1. The van der Waals surface area contributed by atoms with Gasteiger partial charge in [-0.3, -0.25) is 0 Å². The Kier molecular flexibility index (Phi) is 2.56. The van der Waals surface area contributed by atoms with Crippen molar-refractivity contribution >= 4 is 23.5 Å². The third-order valence-electron chi connectivity index (χ3n) is 1.38. The lowest BCUT2D eigenvalue weighted by Crippen LogP contribution is -2.37. The predicted octanol–water partition coefficient (Wildman–Crippen LogP) is 0.491. The van der Waals surface area contributed by atoms with Crippen molar-refractivity contribution in [3.63, 3.8) is 0 Å². The molecule has 4 heteroatoms. The van der Waals surface area contributed by atoms with Gasteiger partial charge in [0, 0.05) is 0 Å². The number of hydrogen-bond acceptors (Lipinski definition) is 1. The maximum atomic E-state index is 5.27. The molecule has 1 nitrogen and oxygen atoms in total. The maximum Gasteiger partial charge on any atom is 0.119 e. The van der Waals surface area contributed by atoms with E-state index < -0.39 is 5.30 Å². The van der Waals surface area contributed by atoms with Crippen LogP contribution in [0.3, 0.4) is 0 Å². The smallest absolute Gasteiger partial charge is 0.119 e. The molecule has 0 spiro atoms. The van der Waals surface area contributed by atoms with Crippen molar-refractivity contribution in [2.24, 2.45) is 0 Å². The van der Waals surface area contributed by atoms with E-state index in [0.717, 1.165) is 5.56 Å². The summed E-state index contributed by atoms with van der Waals surface area (Å²) in [4.78, 5) is 0. The highest BCUT2D eigenvalue weighted by molar-refractivity contribution is 6.58. The molecule has 0 amide bonds. The quantitative estimate of drug-likeness (QED) is 0.559. The predicted molar refractivity (Wildman–Crippen MR) is 51.8 cm³/mol. The normalized spacial score (nSPS) is 11.1. The largest absolute Gasteiger partial charge is 0.516 e. The standard InChI is InChI=1S/C8H7B3O/c1-6-4-2-3-5-7(6)12-8(9,10)11/h2-5H,1H3. The topological polar surface area (TPSA) is 9.23 Å². The van der Waals surface area contributed by atoms with Gasteiger partial charge in [0.15, 0.2) is 0 Å². The van der Waals surface area contributed by atoms with Gasteiger partial charge in [-0.1, -0.05) is 18.2 Å². The van der Waals surface area contributed by atoms with Gasteiger partial charge < -0.3 is 4.74 Å². The molecule has 0 aliphatic carbocycles. The van der Waals surface area contributed by atoms with Crippen molar-refractivity contribution in [3.8, 4) is 5.75 Å². The van der Waals surface area contributed by atoms with E-state index in [-0.39, 0.29) is 0 Å². The number of rotatable bonds is 2.